The smallest absolute Gasteiger partial charge is 0.251 e. The van der Waals surface area contributed by atoms with Crippen molar-refractivity contribution in [1.82, 2.24) is 20.8 Å². The van der Waals surface area contributed by atoms with Crippen LogP contribution < -0.4 is 10.6 Å². The highest BCUT2D eigenvalue weighted by Crippen LogP contribution is 2.30. The zero-order valence-electron chi connectivity index (χ0n) is 17.1. The topological polar surface area (TPSA) is 79.0 Å². The molecule has 2 aromatic carbocycles. The summed E-state index contributed by atoms with van der Waals surface area (Å²) in [4.78, 5) is 13.0. The van der Waals surface area contributed by atoms with Crippen molar-refractivity contribution < 1.29 is 13.9 Å². The van der Waals surface area contributed by atoms with Gasteiger partial charge < -0.3 is 15.4 Å². The Balaban J connectivity index is 1.52. The van der Waals surface area contributed by atoms with Crippen LogP contribution in [0.5, 0.6) is 0 Å². The van der Waals surface area contributed by atoms with Crippen LogP contribution in [0.3, 0.4) is 0 Å². The molecule has 1 amide bonds. The van der Waals surface area contributed by atoms with Gasteiger partial charge in [0, 0.05) is 42.4 Å². The van der Waals surface area contributed by atoms with Crippen LogP contribution in [0.4, 0.5) is 4.39 Å². The first kappa shape index (κ1) is 21.5. The lowest BCUT2D eigenvalue weighted by atomic mass is 9.95. The van der Waals surface area contributed by atoms with Gasteiger partial charge in [0.1, 0.15) is 5.82 Å². The van der Waals surface area contributed by atoms with E-state index in [1.54, 1.807) is 12.1 Å². The van der Waals surface area contributed by atoms with Crippen LogP contribution in [-0.2, 0) is 4.74 Å². The Bertz CT molecular complexity index is 1070. The number of aromatic amines is 1. The molecule has 0 bridgehead atoms. The van der Waals surface area contributed by atoms with Crippen molar-refractivity contribution in [3.05, 3.63) is 76.2 Å². The summed E-state index contributed by atoms with van der Waals surface area (Å²) in [6.07, 6.45) is -0.355. The van der Waals surface area contributed by atoms with E-state index in [0.29, 0.717) is 37.4 Å². The molecule has 0 unspecified atom stereocenters. The average molecular weight is 443 g/mol. The van der Waals surface area contributed by atoms with Crippen LogP contribution in [0.1, 0.15) is 27.7 Å². The summed E-state index contributed by atoms with van der Waals surface area (Å²) < 4.78 is 20.0. The molecule has 0 radical (unpaired) electrons. The number of amides is 1. The number of H-pyrrole nitrogens is 1. The lowest BCUT2D eigenvalue weighted by molar-refractivity contribution is 0.0304. The Kier molecular flexibility index (Phi) is 6.65. The molecule has 1 saturated heterocycles. The number of carbonyl (C=O) groups excluding carboxylic acids is 1. The number of aromatic nitrogens is 2. The summed E-state index contributed by atoms with van der Waals surface area (Å²) in [6.45, 7) is 4.11. The molecule has 4 rings (SSSR count). The number of carbonyl (C=O) groups is 1. The SMILES string of the molecule is Cc1cc(-c2ccccc2C(=O)NC[C@@H]2CNCCO[C@H]2c2ccc(Cl)c(F)c2)n[nH]1. The first-order valence-corrected chi connectivity index (χ1v) is 10.6. The van der Waals surface area contributed by atoms with Crippen molar-refractivity contribution in [2.75, 3.05) is 26.2 Å². The molecule has 0 aliphatic carbocycles. The van der Waals surface area contributed by atoms with Gasteiger partial charge in [-0.2, -0.15) is 5.10 Å². The van der Waals surface area contributed by atoms with Crippen LogP contribution in [0.15, 0.2) is 48.5 Å². The van der Waals surface area contributed by atoms with E-state index in [1.165, 1.54) is 12.1 Å². The van der Waals surface area contributed by atoms with Crippen molar-refractivity contribution in [3.63, 3.8) is 0 Å². The van der Waals surface area contributed by atoms with Crippen LogP contribution in [0.25, 0.3) is 11.3 Å². The van der Waals surface area contributed by atoms with Gasteiger partial charge in [0.15, 0.2) is 0 Å². The largest absolute Gasteiger partial charge is 0.372 e. The average Bonchev–Trinajstić information content (AvgIpc) is 3.07. The van der Waals surface area contributed by atoms with E-state index in [4.69, 9.17) is 16.3 Å². The van der Waals surface area contributed by atoms with E-state index in [-0.39, 0.29) is 23.0 Å². The Hall–Kier alpha value is -2.74. The molecule has 6 nitrogen and oxygen atoms in total. The van der Waals surface area contributed by atoms with Gasteiger partial charge in [0.05, 0.1) is 23.4 Å². The van der Waals surface area contributed by atoms with Crippen LogP contribution in [-0.4, -0.2) is 42.3 Å². The maximum Gasteiger partial charge on any atom is 0.251 e. The monoisotopic (exact) mass is 442 g/mol. The lowest BCUT2D eigenvalue weighted by Crippen LogP contribution is -2.36. The first-order chi connectivity index (χ1) is 15.0. The molecule has 162 valence electrons. The van der Waals surface area contributed by atoms with Gasteiger partial charge >= 0.3 is 0 Å². The number of nitrogens with zero attached hydrogens (tertiary/aromatic N) is 1. The number of hydrogen-bond acceptors (Lipinski definition) is 4. The molecule has 2 atom stereocenters. The number of aryl methyl sites for hydroxylation is 1. The van der Waals surface area contributed by atoms with Crippen molar-refractivity contribution in [3.8, 4) is 11.3 Å². The van der Waals surface area contributed by atoms with E-state index in [1.807, 2.05) is 31.2 Å². The minimum atomic E-state index is -0.481. The normalized spacial score (nSPS) is 19.1. The number of rotatable bonds is 5. The fourth-order valence-corrected chi connectivity index (χ4v) is 3.92. The van der Waals surface area contributed by atoms with E-state index in [2.05, 4.69) is 20.8 Å². The summed E-state index contributed by atoms with van der Waals surface area (Å²) in [5.74, 6) is -0.751. The molecule has 1 aliphatic heterocycles. The van der Waals surface area contributed by atoms with Crippen molar-refractivity contribution in [2.45, 2.75) is 13.0 Å². The molecular formula is C23H24ClFN4O2. The number of benzene rings is 2. The van der Waals surface area contributed by atoms with Crippen LogP contribution in [0, 0.1) is 18.7 Å². The van der Waals surface area contributed by atoms with Gasteiger partial charge in [-0.15, -0.1) is 0 Å². The highest BCUT2D eigenvalue weighted by atomic mass is 35.5. The van der Waals surface area contributed by atoms with Gasteiger partial charge in [-0.1, -0.05) is 35.9 Å². The number of ether oxygens (including phenoxy) is 1. The second-order valence-corrected chi connectivity index (χ2v) is 8.03. The minimum Gasteiger partial charge on any atom is -0.372 e. The standard InChI is InChI=1S/C23H24ClFN4O2/c1-14-10-21(29-28-14)17-4-2-3-5-18(17)23(30)27-13-16-12-26-8-9-31-22(16)15-6-7-19(24)20(25)11-15/h2-7,10-11,16,22,26H,8-9,12-13H2,1H3,(H,27,30)(H,28,29)/t16-,22-/m0/s1. The van der Waals surface area contributed by atoms with Gasteiger partial charge in [-0.3, -0.25) is 9.89 Å². The molecule has 8 heteroatoms. The predicted molar refractivity (Wildman–Crippen MR) is 118 cm³/mol. The molecule has 3 N–H and O–H groups in total. The fraction of sp³-hybridized carbons (Fsp3) is 0.304. The first-order valence-electron chi connectivity index (χ1n) is 10.2. The molecule has 1 aromatic heterocycles. The highest BCUT2D eigenvalue weighted by molar-refractivity contribution is 6.30. The van der Waals surface area contributed by atoms with Crippen LogP contribution >= 0.6 is 11.6 Å². The van der Waals surface area contributed by atoms with Gasteiger partial charge in [0.2, 0.25) is 0 Å². The second kappa shape index (κ2) is 9.60. The van der Waals surface area contributed by atoms with Crippen molar-refractivity contribution in [2.24, 2.45) is 5.92 Å². The third-order valence-electron chi connectivity index (χ3n) is 5.36. The third kappa shape index (κ3) is 4.95. The number of nitrogens with one attached hydrogen (secondary N) is 3. The summed E-state index contributed by atoms with van der Waals surface area (Å²) in [5, 5.41) is 13.6. The summed E-state index contributed by atoms with van der Waals surface area (Å²) in [6, 6.07) is 14.0. The van der Waals surface area contributed by atoms with Crippen LogP contribution in [0.2, 0.25) is 5.02 Å². The second-order valence-electron chi connectivity index (χ2n) is 7.62. The van der Waals surface area contributed by atoms with Gasteiger partial charge in [-0.05, 0) is 36.8 Å². The quantitative estimate of drug-likeness (QED) is 0.560. The molecule has 31 heavy (non-hydrogen) atoms. The van der Waals surface area contributed by atoms with Gasteiger partial charge in [0.25, 0.3) is 5.91 Å². The van der Waals surface area contributed by atoms with E-state index < -0.39 is 5.82 Å². The Morgan fingerprint density at radius 1 is 1.29 bits per heavy atom. The van der Waals surface area contributed by atoms with E-state index in [9.17, 15) is 9.18 Å². The van der Waals surface area contributed by atoms with Gasteiger partial charge in [-0.25, -0.2) is 4.39 Å². The predicted octanol–water partition coefficient (Wildman–Crippen LogP) is 3.88. The minimum absolute atomic E-state index is 0.0746. The Morgan fingerprint density at radius 3 is 2.90 bits per heavy atom. The molecule has 1 aliphatic rings. The molecule has 3 aromatic rings. The summed E-state index contributed by atoms with van der Waals surface area (Å²) in [7, 11) is 0. The zero-order chi connectivity index (χ0) is 21.8. The number of halogens is 2. The van der Waals surface area contributed by atoms with Crippen molar-refractivity contribution in [1.29, 1.82) is 0 Å². The molecule has 1 fully saturated rings. The molecular weight excluding hydrogens is 419 g/mol. The maximum absolute atomic E-state index is 14.0. The molecule has 0 spiro atoms. The van der Waals surface area contributed by atoms with E-state index in [0.717, 1.165) is 17.0 Å². The molecule has 0 saturated carbocycles. The summed E-state index contributed by atoms with van der Waals surface area (Å²) >= 11 is 5.83. The molecule has 2 heterocycles. The maximum atomic E-state index is 14.0. The third-order valence-corrected chi connectivity index (χ3v) is 5.67. The zero-order valence-corrected chi connectivity index (χ0v) is 17.9. The van der Waals surface area contributed by atoms with Crippen molar-refractivity contribution >= 4 is 17.5 Å². The lowest BCUT2D eigenvalue weighted by Gasteiger charge is -2.25. The van der Waals surface area contributed by atoms with E-state index >= 15 is 0 Å². The number of hydrogen-bond donors (Lipinski definition) is 3. The summed E-state index contributed by atoms with van der Waals surface area (Å²) in [5.41, 5.74) is 3.65. The highest BCUT2D eigenvalue weighted by Gasteiger charge is 2.27. The Morgan fingerprint density at radius 2 is 2.13 bits per heavy atom. The fourth-order valence-electron chi connectivity index (χ4n) is 3.81. The Labute approximate surface area is 185 Å².